The maximum atomic E-state index is 12.3. The number of pyridine rings is 1. The molecule has 0 unspecified atom stereocenters. The lowest BCUT2D eigenvalue weighted by Gasteiger charge is -2.22. The molecule has 0 bridgehead atoms. The van der Waals surface area contributed by atoms with Crippen molar-refractivity contribution in [1.29, 1.82) is 5.26 Å². The summed E-state index contributed by atoms with van der Waals surface area (Å²) in [6.07, 6.45) is 8.29. The van der Waals surface area contributed by atoms with Crippen molar-refractivity contribution < 1.29 is 14.2 Å². The third-order valence-corrected chi connectivity index (χ3v) is 6.44. The average molecular weight is 398 g/mol. The van der Waals surface area contributed by atoms with Crippen molar-refractivity contribution in [3.05, 3.63) is 40.8 Å². The minimum atomic E-state index is -0.0702. The zero-order valence-electron chi connectivity index (χ0n) is 15.9. The van der Waals surface area contributed by atoms with Gasteiger partial charge in [-0.15, -0.1) is 0 Å². The van der Waals surface area contributed by atoms with Crippen molar-refractivity contribution in [3.63, 3.8) is 0 Å². The second-order valence-electron chi connectivity index (χ2n) is 7.29. The standard InChI is InChI=1S/C21H24N4O2S/c22-12-18-16-7-1-2-8-17(16)20(25-9-3-4-10-25)24-21(18)28-14-19(26)23-13-15-6-5-11-27-15/h5-6,11H,1-4,7-10,13-14H2,(H,23,26)/p+1. The van der Waals surface area contributed by atoms with Gasteiger partial charge in [-0.1, -0.05) is 11.8 Å². The Balaban J connectivity index is 1.53. The maximum absolute atomic E-state index is 12.3. The number of thioether (sulfide) groups is 1. The highest BCUT2D eigenvalue weighted by Gasteiger charge is 2.31. The van der Waals surface area contributed by atoms with E-state index in [4.69, 9.17) is 4.42 Å². The van der Waals surface area contributed by atoms with Crippen molar-refractivity contribution in [2.75, 3.05) is 23.7 Å². The molecule has 0 saturated carbocycles. The summed E-state index contributed by atoms with van der Waals surface area (Å²) in [4.78, 5) is 18.2. The van der Waals surface area contributed by atoms with Gasteiger partial charge in [-0.05, 0) is 56.2 Å². The van der Waals surface area contributed by atoms with Crippen LogP contribution in [0.25, 0.3) is 0 Å². The van der Waals surface area contributed by atoms with Crippen molar-refractivity contribution in [1.82, 2.24) is 5.32 Å². The van der Waals surface area contributed by atoms with Crippen molar-refractivity contribution in [2.45, 2.75) is 50.1 Å². The number of anilines is 1. The van der Waals surface area contributed by atoms with E-state index in [0.29, 0.717) is 6.54 Å². The predicted molar refractivity (Wildman–Crippen MR) is 107 cm³/mol. The number of nitriles is 1. The fourth-order valence-corrected chi connectivity index (χ4v) is 4.91. The number of carbonyl (C=O) groups is 1. The lowest BCUT2D eigenvalue weighted by molar-refractivity contribution is -0.414. The van der Waals surface area contributed by atoms with Crippen LogP contribution in [0.2, 0.25) is 0 Å². The summed E-state index contributed by atoms with van der Waals surface area (Å²) in [5, 5.41) is 13.5. The number of nitrogens with zero attached hydrogens (tertiary/aromatic N) is 2. The number of fused-ring (bicyclic) bond motifs is 1. The van der Waals surface area contributed by atoms with Crippen molar-refractivity contribution >= 4 is 23.5 Å². The number of amides is 1. The molecule has 0 aromatic carbocycles. The first kappa shape index (κ1) is 18.9. The van der Waals surface area contributed by atoms with E-state index in [9.17, 15) is 10.1 Å². The Kier molecular flexibility index (Phi) is 5.87. The quantitative estimate of drug-likeness (QED) is 0.758. The second-order valence-corrected chi connectivity index (χ2v) is 8.28. The van der Waals surface area contributed by atoms with Crippen LogP contribution in [0.4, 0.5) is 5.82 Å². The van der Waals surface area contributed by atoms with E-state index in [1.807, 2.05) is 6.07 Å². The average Bonchev–Trinajstić information content (AvgIpc) is 3.44. The zero-order valence-corrected chi connectivity index (χ0v) is 16.7. The summed E-state index contributed by atoms with van der Waals surface area (Å²) in [6.45, 7) is 2.50. The van der Waals surface area contributed by atoms with Gasteiger partial charge >= 0.3 is 0 Å². The first-order valence-electron chi connectivity index (χ1n) is 9.94. The Morgan fingerprint density at radius 1 is 1.25 bits per heavy atom. The molecule has 7 heteroatoms. The number of H-pyrrole nitrogens is 1. The molecule has 0 atom stereocenters. The van der Waals surface area contributed by atoms with Crippen LogP contribution in [0, 0.1) is 11.3 Å². The lowest BCUT2D eigenvalue weighted by atomic mass is 9.89. The van der Waals surface area contributed by atoms with Crippen molar-refractivity contribution in [2.24, 2.45) is 0 Å². The third-order valence-electron chi connectivity index (χ3n) is 5.44. The number of rotatable bonds is 6. The Morgan fingerprint density at radius 2 is 2.04 bits per heavy atom. The van der Waals surface area contributed by atoms with E-state index in [1.54, 1.807) is 12.3 Å². The summed E-state index contributed by atoms with van der Waals surface area (Å²) < 4.78 is 5.24. The number of carbonyl (C=O) groups excluding carboxylic acids is 1. The number of nitrogens with one attached hydrogen (secondary N) is 2. The first-order chi connectivity index (χ1) is 13.8. The SMILES string of the molecule is N#Cc1c(SCC(=O)NCc2ccco2)[nH+]c(N2CCCC2)c2c1CCCC2. The normalized spacial score (nSPS) is 15.9. The molecule has 6 nitrogen and oxygen atoms in total. The summed E-state index contributed by atoms with van der Waals surface area (Å²) in [6, 6.07) is 6.04. The molecule has 1 saturated heterocycles. The van der Waals surface area contributed by atoms with E-state index in [1.165, 1.54) is 48.0 Å². The van der Waals surface area contributed by atoms with E-state index in [-0.39, 0.29) is 11.7 Å². The molecular formula is C21H25N4O2S+. The molecule has 1 fully saturated rings. The minimum absolute atomic E-state index is 0.0702. The molecule has 3 heterocycles. The Morgan fingerprint density at radius 3 is 2.75 bits per heavy atom. The van der Waals surface area contributed by atoms with E-state index in [2.05, 4.69) is 21.3 Å². The molecule has 2 aromatic rings. The zero-order chi connectivity index (χ0) is 19.3. The second kappa shape index (κ2) is 8.70. The topological polar surface area (TPSA) is 83.4 Å². The summed E-state index contributed by atoms with van der Waals surface area (Å²) in [5.41, 5.74) is 3.23. The smallest absolute Gasteiger partial charge is 0.278 e. The molecule has 1 aliphatic heterocycles. The lowest BCUT2D eigenvalue weighted by Crippen LogP contribution is -2.32. The van der Waals surface area contributed by atoms with Gasteiger partial charge in [0.1, 0.15) is 17.4 Å². The molecule has 2 N–H and O–H groups in total. The Labute approximate surface area is 169 Å². The van der Waals surface area contributed by atoms with Gasteiger partial charge < -0.3 is 9.73 Å². The maximum Gasteiger partial charge on any atom is 0.278 e. The molecule has 0 radical (unpaired) electrons. The summed E-state index contributed by atoms with van der Waals surface area (Å²) >= 11 is 1.42. The summed E-state index contributed by atoms with van der Waals surface area (Å²) in [7, 11) is 0. The Hall–Kier alpha value is -2.46. The highest BCUT2D eigenvalue weighted by molar-refractivity contribution is 7.99. The van der Waals surface area contributed by atoms with Crippen LogP contribution in [0.5, 0.6) is 0 Å². The Bertz CT molecular complexity index is 883. The van der Waals surface area contributed by atoms with Gasteiger partial charge in [0.25, 0.3) is 5.82 Å². The number of aromatic nitrogens is 1. The molecule has 146 valence electrons. The van der Waals surface area contributed by atoms with Gasteiger partial charge in [0.2, 0.25) is 5.91 Å². The fourth-order valence-electron chi connectivity index (χ4n) is 4.05. The minimum Gasteiger partial charge on any atom is -0.467 e. The number of aromatic amines is 1. The number of furan rings is 1. The van der Waals surface area contributed by atoms with Crippen molar-refractivity contribution in [3.8, 4) is 6.07 Å². The molecule has 28 heavy (non-hydrogen) atoms. The van der Waals surface area contributed by atoms with Gasteiger partial charge in [-0.25, -0.2) is 4.98 Å². The van der Waals surface area contributed by atoms with Crippen LogP contribution in [0.15, 0.2) is 27.8 Å². The van der Waals surface area contributed by atoms with Gasteiger partial charge in [-0.2, -0.15) is 5.26 Å². The number of hydrogen-bond acceptors (Lipinski definition) is 5. The van der Waals surface area contributed by atoms with Gasteiger partial charge in [0.15, 0.2) is 5.03 Å². The van der Waals surface area contributed by atoms with Crippen LogP contribution in [-0.2, 0) is 24.2 Å². The molecule has 2 aromatic heterocycles. The van der Waals surface area contributed by atoms with Gasteiger partial charge in [0, 0.05) is 5.56 Å². The third kappa shape index (κ3) is 4.02. The van der Waals surface area contributed by atoms with Crippen LogP contribution in [-0.4, -0.2) is 24.7 Å². The van der Waals surface area contributed by atoms with Crippen LogP contribution < -0.4 is 15.2 Å². The summed E-state index contributed by atoms with van der Waals surface area (Å²) in [5.74, 6) is 2.10. The first-order valence-corrected chi connectivity index (χ1v) is 10.9. The predicted octanol–water partition coefficient (Wildman–Crippen LogP) is 2.85. The van der Waals surface area contributed by atoms with Crippen LogP contribution in [0.3, 0.4) is 0 Å². The largest absolute Gasteiger partial charge is 0.467 e. The molecule has 1 amide bonds. The molecule has 1 aliphatic carbocycles. The number of hydrogen-bond donors (Lipinski definition) is 1. The van der Waals surface area contributed by atoms with E-state index < -0.39 is 0 Å². The highest BCUT2D eigenvalue weighted by Crippen LogP contribution is 2.34. The van der Waals surface area contributed by atoms with E-state index in [0.717, 1.165) is 48.7 Å². The molecule has 4 rings (SSSR count). The van der Waals surface area contributed by atoms with Gasteiger partial charge in [0.05, 0.1) is 31.7 Å². The highest BCUT2D eigenvalue weighted by atomic mass is 32.2. The van der Waals surface area contributed by atoms with Crippen LogP contribution in [0.1, 0.15) is 48.1 Å². The molecule has 2 aliphatic rings. The molecular weight excluding hydrogens is 372 g/mol. The van der Waals surface area contributed by atoms with E-state index >= 15 is 0 Å². The van der Waals surface area contributed by atoms with Crippen LogP contribution >= 0.6 is 11.8 Å². The van der Waals surface area contributed by atoms with Gasteiger partial charge in [-0.3, -0.25) is 9.69 Å². The monoisotopic (exact) mass is 397 g/mol. The molecule has 0 spiro atoms. The fraction of sp³-hybridized carbons (Fsp3) is 0.476.